The van der Waals surface area contributed by atoms with Gasteiger partial charge in [0, 0.05) is 0 Å². The van der Waals surface area contributed by atoms with Crippen LogP contribution in [0.1, 0.15) is 142 Å². The van der Waals surface area contributed by atoms with E-state index in [1.165, 1.54) is 109 Å². The molecule has 0 rings (SSSR count). The molecule has 3 heteroatoms. The van der Waals surface area contributed by atoms with Gasteiger partial charge < -0.3 is 10.2 Å². The smallest absolute Gasteiger partial charge is 0.305 e. The van der Waals surface area contributed by atoms with Crippen LogP contribution in [0.15, 0.2) is 0 Å². The first kappa shape index (κ1) is 26.4. The second kappa shape index (κ2) is 21.7. The Hall–Kier alpha value is -0.570. The molecule has 2 N–H and O–H groups in total. The summed E-state index contributed by atoms with van der Waals surface area (Å²) in [5.74, 6) is -0.902. The molecular weight excluding hydrogens is 336 g/mol. The van der Waals surface area contributed by atoms with Crippen LogP contribution in [0.4, 0.5) is 0 Å². The van der Waals surface area contributed by atoms with Crippen LogP contribution >= 0.6 is 0 Å². The van der Waals surface area contributed by atoms with Crippen molar-refractivity contribution in [2.24, 2.45) is 0 Å². The van der Waals surface area contributed by atoms with E-state index in [2.05, 4.69) is 6.92 Å². The number of carboxylic acids is 1. The van der Waals surface area contributed by atoms with Gasteiger partial charge in [-0.1, -0.05) is 129 Å². The van der Waals surface area contributed by atoms with Crippen LogP contribution in [0.5, 0.6) is 0 Å². The fourth-order valence-corrected chi connectivity index (χ4v) is 3.76. The lowest BCUT2D eigenvalue weighted by Gasteiger charge is -2.07. The van der Waals surface area contributed by atoms with Crippen molar-refractivity contribution in [3.8, 4) is 0 Å². The van der Waals surface area contributed by atoms with Gasteiger partial charge in [0.2, 0.25) is 0 Å². The van der Waals surface area contributed by atoms with Crippen LogP contribution in [-0.4, -0.2) is 22.3 Å². The molecule has 0 aromatic rings. The van der Waals surface area contributed by atoms with Gasteiger partial charge in [0.05, 0.1) is 12.5 Å². The molecule has 162 valence electrons. The molecule has 0 saturated carbocycles. The van der Waals surface area contributed by atoms with Gasteiger partial charge >= 0.3 is 5.97 Å². The molecule has 0 fully saturated rings. The molecule has 0 aromatic carbocycles. The van der Waals surface area contributed by atoms with Gasteiger partial charge in [-0.3, -0.25) is 4.79 Å². The second-order valence-corrected chi connectivity index (χ2v) is 8.40. The lowest BCUT2D eigenvalue weighted by Crippen LogP contribution is -2.12. The molecule has 1 atom stereocenters. The minimum atomic E-state index is -0.902. The van der Waals surface area contributed by atoms with E-state index in [4.69, 9.17) is 5.11 Å². The van der Waals surface area contributed by atoms with Gasteiger partial charge in [-0.15, -0.1) is 0 Å². The van der Waals surface area contributed by atoms with Crippen molar-refractivity contribution in [2.75, 3.05) is 0 Å². The Labute approximate surface area is 169 Å². The zero-order valence-electron chi connectivity index (χ0n) is 18.2. The van der Waals surface area contributed by atoms with Crippen molar-refractivity contribution in [2.45, 2.75) is 148 Å². The zero-order valence-corrected chi connectivity index (χ0v) is 18.2. The highest BCUT2D eigenvalue weighted by molar-refractivity contribution is 5.67. The Balaban J connectivity index is 3.06. The van der Waals surface area contributed by atoms with Crippen molar-refractivity contribution in [1.29, 1.82) is 0 Å². The number of hydrogen-bond donors (Lipinski definition) is 2. The van der Waals surface area contributed by atoms with Gasteiger partial charge in [0.1, 0.15) is 0 Å². The Kier molecular flexibility index (Phi) is 21.3. The van der Waals surface area contributed by atoms with E-state index in [1.807, 2.05) is 0 Å². The van der Waals surface area contributed by atoms with Crippen LogP contribution < -0.4 is 0 Å². The number of hydrogen-bond acceptors (Lipinski definition) is 2. The Bertz CT molecular complexity index is 304. The summed E-state index contributed by atoms with van der Waals surface area (Å²) < 4.78 is 0. The van der Waals surface area contributed by atoms with E-state index >= 15 is 0 Å². The van der Waals surface area contributed by atoms with Crippen molar-refractivity contribution in [3.63, 3.8) is 0 Å². The maximum absolute atomic E-state index is 10.5. The van der Waals surface area contributed by atoms with E-state index in [1.54, 1.807) is 0 Å². The van der Waals surface area contributed by atoms with Gasteiger partial charge in [-0.2, -0.15) is 0 Å². The molecule has 1 unspecified atom stereocenters. The molecule has 3 nitrogen and oxygen atoms in total. The summed E-state index contributed by atoms with van der Waals surface area (Å²) in [7, 11) is 0. The van der Waals surface area contributed by atoms with Crippen LogP contribution in [0.3, 0.4) is 0 Å². The average molecular weight is 385 g/mol. The van der Waals surface area contributed by atoms with Crippen LogP contribution in [0, 0.1) is 0 Å². The van der Waals surface area contributed by atoms with Crippen molar-refractivity contribution >= 4 is 5.97 Å². The summed E-state index contributed by atoms with van der Waals surface area (Å²) in [6, 6.07) is 0. The highest BCUT2D eigenvalue weighted by atomic mass is 16.4. The van der Waals surface area contributed by atoms with Crippen LogP contribution in [0.25, 0.3) is 0 Å². The first-order valence-corrected chi connectivity index (χ1v) is 12.1. The number of aliphatic hydroxyl groups excluding tert-OH is 1. The molecule has 0 amide bonds. The summed E-state index contributed by atoms with van der Waals surface area (Å²) in [5, 5.41) is 18.1. The van der Waals surface area contributed by atoms with Gasteiger partial charge in [-0.25, -0.2) is 0 Å². The van der Waals surface area contributed by atoms with Crippen molar-refractivity contribution in [3.05, 3.63) is 0 Å². The van der Waals surface area contributed by atoms with E-state index < -0.39 is 12.1 Å². The van der Waals surface area contributed by atoms with Crippen LogP contribution in [-0.2, 0) is 4.79 Å². The molecule has 0 bridgehead atoms. The molecule has 0 aromatic heterocycles. The minimum Gasteiger partial charge on any atom is -0.481 e. The Morgan fingerprint density at radius 3 is 1.19 bits per heavy atom. The van der Waals surface area contributed by atoms with Gasteiger partial charge in [0.15, 0.2) is 0 Å². The number of carboxylic acid groups (broad SMARTS) is 1. The topological polar surface area (TPSA) is 57.5 Å². The SMILES string of the molecule is CCCCCCCCCCCCCCCCCCCCCC(O)CC(=O)O. The second-order valence-electron chi connectivity index (χ2n) is 8.40. The van der Waals surface area contributed by atoms with Gasteiger partial charge in [0.25, 0.3) is 0 Å². The van der Waals surface area contributed by atoms with Crippen molar-refractivity contribution in [1.82, 2.24) is 0 Å². The summed E-state index contributed by atoms with van der Waals surface area (Å²) in [4.78, 5) is 10.5. The van der Waals surface area contributed by atoms with Gasteiger partial charge in [-0.05, 0) is 6.42 Å². The molecule has 0 saturated heterocycles. The summed E-state index contributed by atoms with van der Waals surface area (Å²) in [6.07, 6.45) is 25.6. The first-order chi connectivity index (χ1) is 13.2. The number of aliphatic hydroxyl groups is 1. The third kappa shape index (κ3) is 23.4. The Morgan fingerprint density at radius 1 is 0.593 bits per heavy atom. The standard InChI is InChI=1S/C24H48O3/c1-2-3-4-5-6-7-8-9-10-11-12-13-14-15-16-17-18-19-20-21-23(25)22-24(26)27/h23,25H,2-22H2,1H3,(H,26,27). The highest BCUT2D eigenvalue weighted by Crippen LogP contribution is 2.15. The largest absolute Gasteiger partial charge is 0.481 e. The quantitative estimate of drug-likeness (QED) is 0.188. The average Bonchev–Trinajstić information content (AvgIpc) is 2.63. The molecule has 0 heterocycles. The zero-order chi connectivity index (χ0) is 20.0. The maximum Gasteiger partial charge on any atom is 0.305 e. The fourth-order valence-electron chi connectivity index (χ4n) is 3.76. The number of carbonyl (C=O) groups is 1. The number of rotatable bonds is 22. The third-order valence-corrected chi connectivity index (χ3v) is 5.55. The van der Waals surface area contributed by atoms with E-state index in [9.17, 15) is 9.90 Å². The lowest BCUT2D eigenvalue weighted by atomic mass is 10.0. The summed E-state index contributed by atoms with van der Waals surface area (Å²) in [5.41, 5.74) is 0. The third-order valence-electron chi connectivity index (χ3n) is 5.55. The summed E-state index contributed by atoms with van der Waals surface area (Å²) in [6.45, 7) is 2.28. The van der Waals surface area contributed by atoms with E-state index in [0.717, 1.165) is 12.8 Å². The van der Waals surface area contributed by atoms with Crippen LogP contribution in [0.2, 0.25) is 0 Å². The fraction of sp³-hybridized carbons (Fsp3) is 0.958. The highest BCUT2D eigenvalue weighted by Gasteiger charge is 2.08. The molecule has 0 radical (unpaired) electrons. The number of unbranched alkanes of at least 4 members (excludes halogenated alkanes) is 18. The van der Waals surface area contributed by atoms with Crippen molar-refractivity contribution < 1.29 is 15.0 Å². The van der Waals surface area contributed by atoms with E-state index in [-0.39, 0.29) is 6.42 Å². The molecule has 0 aliphatic heterocycles. The molecule has 27 heavy (non-hydrogen) atoms. The molecule has 0 aliphatic rings. The normalized spacial score (nSPS) is 12.4. The first-order valence-electron chi connectivity index (χ1n) is 12.1. The molecule has 0 spiro atoms. The lowest BCUT2D eigenvalue weighted by molar-refractivity contribution is -0.139. The molecule has 0 aliphatic carbocycles. The van der Waals surface area contributed by atoms with E-state index in [0.29, 0.717) is 6.42 Å². The number of aliphatic carboxylic acids is 1. The maximum atomic E-state index is 10.5. The summed E-state index contributed by atoms with van der Waals surface area (Å²) >= 11 is 0. The molecular formula is C24H48O3. The predicted molar refractivity (Wildman–Crippen MR) is 116 cm³/mol. The monoisotopic (exact) mass is 384 g/mol. The minimum absolute atomic E-state index is 0.112. The Morgan fingerprint density at radius 2 is 0.889 bits per heavy atom. The predicted octanol–water partition coefficient (Wildman–Crippen LogP) is 7.64.